The molecule has 180 valence electrons. The zero-order valence-electron chi connectivity index (χ0n) is 18.8. The summed E-state index contributed by atoms with van der Waals surface area (Å²) in [5.74, 6) is -0.347. The minimum Gasteiger partial charge on any atom is -0.495 e. The second-order valence-corrected chi connectivity index (χ2v) is 9.91. The molecule has 0 fully saturated rings. The smallest absolute Gasteiger partial charge is 0.271 e. The average Bonchev–Trinajstić information content (AvgIpc) is 2.89. The van der Waals surface area contributed by atoms with E-state index in [9.17, 15) is 12.8 Å². The van der Waals surface area contributed by atoms with Crippen LogP contribution in [0.4, 0.5) is 16.0 Å². The van der Waals surface area contributed by atoms with Gasteiger partial charge in [0.25, 0.3) is 10.0 Å². The lowest BCUT2D eigenvalue weighted by Crippen LogP contribution is -2.28. The Balaban J connectivity index is 1.72. The van der Waals surface area contributed by atoms with E-state index in [4.69, 9.17) is 16.3 Å². The molecule has 0 spiro atoms. The van der Waals surface area contributed by atoms with Gasteiger partial charge >= 0.3 is 0 Å². The number of hydrogen-bond donors (Lipinski definition) is 0. The predicted molar refractivity (Wildman–Crippen MR) is 136 cm³/mol. The fourth-order valence-corrected chi connectivity index (χ4v) is 5.52. The molecule has 7 nitrogen and oxygen atoms in total. The Morgan fingerprint density at radius 1 is 0.917 bits per heavy atom. The summed E-state index contributed by atoms with van der Waals surface area (Å²) >= 11 is 6.60. The van der Waals surface area contributed by atoms with Crippen LogP contribution in [0.5, 0.6) is 5.75 Å². The van der Waals surface area contributed by atoms with E-state index in [2.05, 4.69) is 15.0 Å². The van der Waals surface area contributed by atoms with Gasteiger partial charge in [0.05, 0.1) is 17.0 Å². The maximum atomic E-state index is 14.0. The highest BCUT2D eigenvalue weighted by molar-refractivity contribution is 7.93. The highest BCUT2D eigenvalue weighted by atomic mass is 35.5. The molecular weight excluding hydrogens is 503 g/mol. The first-order valence-electron chi connectivity index (χ1n) is 10.7. The Morgan fingerprint density at radius 3 is 2.47 bits per heavy atom. The lowest BCUT2D eigenvalue weighted by molar-refractivity contribution is 0.416. The van der Waals surface area contributed by atoms with Gasteiger partial charge in [0, 0.05) is 35.7 Å². The predicted octanol–water partition coefficient (Wildman–Crippen LogP) is 6.02. The molecule has 10 heteroatoms. The first-order valence-corrected chi connectivity index (χ1v) is 12.5. The van der Waals surface area contributed by atoms with E-state index in [-0.39, 0.29) is 27.3 Å². The van der Waals surface area contributed by atoms with E-state index in [0.717, 1.165) is 9.69 Å². The fourth-order valence-electron chi connectivity index (χ4n) is 3.81. The Hall–Kier alpha value is -4.08. The Morgan fingerprint density at radius 2 is 1.72 bits per heavy atom. The monoisotopic (exact) mass is 520 g/mol. The molecule has 0 aliphatic heterocycles. The Labute approximate surface area is 211 Å². The van der Waals surface area contributed by atoms with Crippen LogP contribution in [0, 0.1) is 5.82 Å². The molecule has 5 aromatic rings. The number of anilines is 2. The molecule has 0 aliphatic rings. The molecule has 0 N–H and O–H groups in total. The van der Waals surface area contributed by atoms with Crippen LogP contribution in [0.2, 0.25) is 5.02 Å². The highest BCUT2D eigenvalue weighted by Gasteiger charge is 2.32. The van der Waals surface area contributed by atoms with Gasteiger partial charge in [0.2, 0.25) is 5.95 Å². The zero-order chi connectivity index (χ0) is 25.3. The Kier molecular flexibility index (Phi) is 6.26. The van der Waals surface area contributed by atoms with Crippen LogP contribution in [0.15, 0.2) is 96.4 Å². The molecule has 0 saturated carbocycles. The largest absolute Gasteiger partial charge is 0.495 e. The zero-order valence-corrected chi connectivity index (χ0v) is 20.4. The molecule has 0 aliphatic carbocycles. The molecule has 2 aromatic heterocycles. The van der Waals surface area contributed by atoms with Crippen molar-refractivity contribution in [3.63, 3.8) is 0 Å². The molecule has 2 heterocycles. The van der Waals surface area contributed by atoms with Crippen LogP contribution in [-0.4, -0.2) is 30.5 Å². The Bertz CT molecular complexity index is 1680. The van der Waals surface area contributed by atoms with Gasteiger partial charge in [0.15, 0.2) is 0 Å². The van der Waals surface area contributed by atoms with Gasteiger partial charge in [-0.25, -0.2) is 22.8 Å². The summed E-state index contributed by atoms with van der Waals surface area (Å²) in [6.07, 6.45) is 6.11. The summed E-state index contributed by atoms with van der Waals surface area (Å²) in [5, 5.41) is 1.68. The van der Waals surface area contributed by atoms with Gasteiger partial charge in [-0.15, -0.1) is 0 Å². The maximum Gasteiger partial charge on any atom is 0.271 e. The lowest BCUT2D eigenvalue weighted by Gasteiger charge is -2.25. The molecule has 0 radical (unpaired) electrons. The summed E-state index contributed by atoms with van der Waals surface area (Å²) < 4.78 is 48.5. The summed E-state index contributed by atoms with van der Waals surface area (Å²) in [5.41, 5.74) is 1.09. The number of fused-ring (bicyclic) bond motifs is 1. The number of pyridine rings is 1. The first kappa shape index (κ1) is 23.7. The number of ether oxygens (including phenoxy) is 1. The van der Waals surface area contributed by atoms with Gasteiger partial charge in [-0.1, -0.05) is 29.8 Å². The van der Waals surface area contributed by atoms with Gasteiger partial charge in [-0.05, 0) is 59.5 Å². The minimum atomic E-state index is -4.24. The van der Waals surface area contributed by atoms with Gasteiger partial charge in [-0.2, -0.15) is 4.31 Å². The van der Waals surface area contributed by atoms with Crippen molar-refractivity contribution < 1.29 is 17.5 Å². The lowest BCUT2D eigenvalue weighted by atomic mass is 10.0. The summed E-state index contributed by atoms with van der Waals surface area (Å²) in [7, 11) is -2.84. The van der Waals surface area contributed by atoms with Crippen LogP contribution < -0.4 is 9.04 Å². The van der Waals surface area contributed by atoms with Crippen molar-refractivity contribution in [3.8, 4) is 16.9 Å². The van der Waals surface area contributed by atoms with E-state index in [1.807, 2.05) is 0 Å². The topological polar surface area (TPSA) is 85.3 Å². The van der Waals surface area contributed by atoms with Crippen molar-refractivity contribution in [1.82, 2.24) is 15.0 Å². The molecule has 0 unspecified atom stereocenters. The maximum absolute atomic E-state index is 14.0. The number of hydrogen-bond acceptors (Lipinski definition) is 6. The van der Waals surface area contributed by atoms with Crippen LogP contribution in [0.25, 0.3) is 21.9 Å². The standard InChI is InChI=1S/C26H18ClFN4O3S/c1-35-25-14-22(18-4-2-5-20(28)12-18)23(27)15-24(25)32(26-30-9-3-10-31-26)36(33,34)21-7-6-19-16-29-11-8-17(19)13-21/h2-16H,1H3. The third-order valence-corrected chi connectivity index (χ3v) is 7.51. The molecule has 0 atom stereocenters. The number of rotatable bonds is 6. The molecule has 5 rings (SSSR count). The normalized spacial score (nSPS) is 11.4. The van der Waals surface area contributed by atoms with E-state index in [0.29, 0.717) is 16.5 Å². The molecule has 3 aromatic carbocycles. The highest BCUT2D eigenvalue weighted by Crippen LogP contribution is 2.43. The number of nitrogens with zero attached hydrogens (tertiary/aromatic N) is 4. The molecule has 36 heavy (non-hydrogen) atoms. The third-order valence-electron chi connectivity index (χ3n) is 5.51. The number of aromatic nitrogens is 3. The number of benzene rings is 3. The van der Waals surface area contributed by atoms with Gasteiger partial charge < -0.3 is 4.74 Å². The van der Waals surface area contributed by atoms with E-state index >= 15 is 0 Å². The second-order valence-electron chi connectivity index (χ2n) is 7.72. The van der Waals surface area contributed by atoms with Crippen LogP contribution in [0.1, 0.15) is 0 Å². The summed E-state index contributed by atoms with van der Waals surface area (Å²) in [6.45, 7) is 0. The van der Waals surface area contributed by atoms with Crippen LogP contribution in [-0.2, 0) is 10.0 Å². The van der Waals surface area contributed by atoms with Crippen molar-refractivity contribution >= 4 is 44.0 Å². The average molecular weight is 521 g/mol. The van der Waals surface area contributed by atoms with E-state index < -0.39 is 15.8 Å². The molecule has 0 saturated heterocycles. The summed E-state index contributed by atoms with van der Waals surface area (Å²) in [4.78, 5) is 12.5. The van der Waals surface area contributed by atoms with Crippen molar-refractivity contribution in [1.29, 1.82) is 0 Å². The number of methoxy groups -OCH3 is 1. The first-order chi connectivity index (χ1) is 17.4. The molecule has 0 bridgehead atoms. The fraction of sp³-hybridized carbons (Fsp3) is 0.0385. The molecular formula is C26H18ClFN4O3S. The van der Waals surface area contributed by atoms with Crippen molar-refractivity contribution in [2.75, 3.05) is 11.4 Å². The van der Waals surface area contributed by atoms with Crippen molar-refractivity contribution in [3.05, 3.63) is 102 Å². The SMILES string of the molecule is COc1cc(-c2cccc(F)c2)c(Cl)cc1N(c1ncccn1)S(=O)(=O)c1ccc2cnccc2c1. The number of sulfonamides is 1. The second kappa shape index (κ2) is 9.52. The quantitative estimate of drug-likeness (QED) is 0.272. The van der Waals surface area contributed by atoms with Crippen molar-refractivity contribution in [2.24, 2.45) is 0 Å². The van der Waals surface area contributed by atoms with E-state index in [1.54, 1.807) is 54.9 Å². The number of halogens is 2. The van der Waals surface area contributed by atoms with Gasteiger partial charge in [-0.3, -0.25) is 4.98 Å². The van der Waals surface area contributed by atoms with Crippen LogP contribution in [0.3, 0.4) is 0 Å². The minimum absolute atomic E-state index is 0.0148. The van der Waals surface area contributed by atoms with Crippen LogP contribution >= 0.6 is 11.6 Å². The van der Waals surface area contributed by atoms with Crippen molar-refractivity contribution in [2.45, 2.75) is 4.90 Å². The summed E-state index contributed by atoms with van der Waals surface area (Å²) in [6, 6.07) is 16.9. The third kappa shape index (κ3) is 4.34. The molecule has 0 amide bonds. The van der Waals surface area contributed by atoms with Gasteiger partial charge in [0.1, 0.15) is 17.3 Å². The van der Waals surface area contributed by atoms with E-state index in [1.165, 1.54) is 43.8 Å².